The first-order valence-corrected chi connectivity index (χ1v) is 9.64. The largest absolute Gasteiger partial charge is 0.327 e. The summed E-state index contributed by atoms with van der Waals surface area (Å²) in [6.07, 6.45) is 1.57. The van der Waals surface area contributed by atoms with E-state index >= 15 is 0 Å². The molecule has 1 aliphatic heterocycles. The lowest BCUT2D eigenvalue weighted by Gasteiger charge is -2.28. The van der Waals surface area contributed by atoms with Crippen molar-refractivity contribution in [1.29, 1.82) is 0 Å². The molecule has 1 saturated heterocycles. The first-order chi connectivity index (χ1) is 13.0. The fourth-order valence-electron chi connectivity index (χ4n) is 3.37. The van der Waals surface area contributed by atoms with Gasteiger partial charge in [-0.25, -0.2) is 0 Å². The van der Waals surface area contributed by atoms with Gasteiger partial charge in [-0.2, -0.15) is 0 Å². The van der Waals surface area contributed by atoms with Crippen molar-refractivity contribution in [2.24, 2.45) is 5.92 Å². The Bertz CT molecular complexity index is 802. The number of halogens is 1. The highest BCUT2D eigenvalue weighted by atomic mass is 35.5. The highest BCUT2D eigenvalue weighted by Crippen LogP contribution is 2.22. The van der Waals surface area contributed by atoms with E-state index in [0.29, 0.717) is 17.3 Å². The number of benzene rings is 2. The van der Waals surface area contributed by atoms with Crippen LogP contribution in [0.2, 0.25) is 5.02 Å². The Balaban J connectivity index is 1.45. The molecule has 6 heteroatoms. The monoisotopic (exact) mass is 386 g/mol. The van der Waals surface area contributed by atoms with Gasteiger partial charge in [-0.3, -0.25) is 9.59 Å². The van der Waals surface area contributed by atoms with E-state index in [9.17, 15) is 9.59 Å². The Morgan fingerprint density at radius 3 is 2.44 bits per heavy atom. The van der Waals surface area contributed by atoms with Gasteiger partial charge in [0.15, 0.2) is 6.54 Å². The van der Waals surface area contributed by atoms with Crippen molar-refractivity contribution in [2.45, 2.75) is 19.8 Å². The van der Waals surface area contributed by atoms with Gasteiger partial charge in [-0.1, -0.05) is 35.9 Å². The quantitative estimate of drug-likeness (QED) is 0.739. The zero-order valence-corrected chi connectivity index (χ0v) is 16.2. The second kappa shape index (κ2) is 9.02. The van der Waals surface area contributed by atoms with Gasteiger partial charge in [0, 0.05) is 24.4 Å². The smallest absolute Gasteiger partial charge is 0.279 e. The van der Waals surface area contributed by atoms with E-state index in [-0.39, 0.29) is 17.7 Å². The number of para-hydroxylation sites is 1. The number of amides is 2. The van der Waals surface area contributed by atoms with Gasteiger partial charge in [0.2, 0.25) is 5.91 Å². The lowest BCUT2D eigenvalue weighted by atomic mass is 9.96. The van der Waals surface area contributed by atoms with Crippen LogP contribution in [-0.4, -0.2) is 31.4 Å². The van der Waals surface area contributed by atoms with Crippen LogP contribution in [0.3, 0.4) is 0 Å². The lowest BCUT2D eigenvalue weighted by Crippen LogP contribution is -3.14. The average Bonchev–Trinajstić information content (AvgIpc) is 2.65. The Hall–Kier alpha value is -2.37. The van der Waals surface area contributed by atoms with Crippen molar-refractivity contribution in [3.8, 4) is 0 Å². The summed E-state index contributed by atoms with van der Waals surface area (Å²) in [7, 11) is 0. The van der Waals surface area contributed by atoms with Crippen molar-refractivity contribution in [3.05, 3.63) is 59.1 Å². The Labute approximate surface area is 164 Å². The summed E-state index contributed by atoms with van der Waals surface area (Å²) >= 11 is 6.17. The number of nitrogens with one attached hydrogen (secondary N) is 3. The molecule has 0 saturated carbocycles. The molecule has 27 heavy (non-hydrogen) atoms. The van der Waals surface area contributed by atoms with Crippen LogP contribution >= 0.6 is 11.6 Å². The maximum Gasteiger partial charge on any atom is 0.279 e. The van der Waals surface area contributed by atoms with E-state index in [2.05, 4.69) is 10.6 Å². The lowest BCUT2D eigenvalue weighted by molar-refractivity contribution is -0.897. The number of quaternary nitrogens is 1. The van der Waals surface area contributed by atoms with Gasteiger partial charge in [0.05, 0.1) is 23.8 Å². The third-order valence-corrected chi connectivity index (χ3v) is 5.23. The van der Waals surface area contributed by atoms with Gasteiger partial charge < -0.3 is 15.5 Å². The number of carbonyl (C=O) groups is 2. The van der Waals surface area contributed by atoms with Crippen molar-refractivity contribution in [2.75, 3.05) is 30.3 Å². The molecule has 1 fully saturated rings. The molecule has 2 aromatic carbocycles. The molecule has 0 aliphatic carbocycles. The fourth-order valence-corrected chi connectivity index (χ4v) is 3.66. The van der Waals surface area contributed by atoms with E-state index in [4.69, 9.17) is 11.6 Å². The molecule has 2 amide bonds. The molecule has 5 nitrogen and oxygen atoms in total. The summed E-state index contributed by atoms with van der Waals surface area (Å²) in [5, 5.41) is 6.40. The molecule has 3 N–H and O–H groups in total. The Morgan fingerprint density at radius 1 is 1.07 bits per heavy atom. The van der Waals surface area contributed by atoms with Crippen LogP contribution in [0.25, 0.3) is 0 Å². The first-order valence-electron chi connectivity index (χ1n) is 9.27. The van der Waals surface area contributed by atoms with Crippen LogP contribution in [0.4, 0.5) is 11.4 Å². The van der Waals surface area contributed by atoms with E-state index in [1.54, 1.807) is 0 Å². The summed E-state index contributed by atoms with van der Waals surface area (Å²) in [4.78, 5) is 25.9. The molecule has 142 valence electrons. The number of aryl methyl sites for hydroxylation is 1. The van der Waals surface area contributed by atoms with E-state index < -0.39 is 0 Å². The van der Waals surface area contributed by atoms with Gasteiger partial charge in [-0.05, 0) is 36.8 Å². The van der Waals surface area contributed by atoms with Crippen LogP contribution in [0.1, 0.15) is 18.4 Å². The summed E-state index contributed by atoms with van der Waals surface area (Å²) in [5.74, 6) is 0.0163. The maximum absolute atomic E-state index is 12.4. The maximum atomic E-state index is 12.4. The normalized spacial score (nSPS) is 19.3. The van der Waals surface area contributed by atoms with Crippen LogP contribution in [0.5, 0.6) is 0 Å². The zero-order chi connectivity index (χ0) is 19.2. The van der Waals surface area contributed by atoms with Gasteiger partial charge in [-0.15, -0.1) is 0 Å². The third-order valence-electron chi connectivity index (χ3n) is 4.91. The predicted octanol–water partition coefficient (Wildman–Crippen LogP) is 2.52. The number of carbonyl (C=O) groups excluding carboxylic acids is 2. The fraction of sp³-hybridized carbons (Fsp3) is 0.333. The van der Waals surface area contributed by atoms with E-state index in [0.717, 1.165) is 37.2 Å². The molecule has 1 aliphatic rings. The van der Waals surface area contributed by atoms with Crippen molar-refractivity contribution >= 4 is 34.8 Å². The Kier molecular flexibility index (Phi) is 6.48. The molecule has 3 rings (SSSR count). The highest BCUT2D eigenvalue weighted by Gasteiger charge is 2.28. The SMILES string of the molecule is Cc1ccc(NC(=O)C[NH+]2CCC(C(=O)Nc3ccccc3)CC2)c(Cl)c1. The van der Waals surface area contributed by atoms with E-state index in [1.807, 2.05) is 55.5 Å². The molecule has 0 bridgehead atoms. The summed E-state index contributed by atoms with van der Waals surface area (Å²) < 4.78 is 0. The molecule has 0 unspecified atom stereocenters. The second-order valence-electron chi connectivity index (χ2n) is 7.09. The third kappa shape index (κ3) is 5.55. The standard InChI is InChI=1S/C21H24ClN3O2/c1-15-7-8-19(18(22)13-15)24-20(26)14-25-11-9-16(10-12-25)21(27)23-17-5-3-2-4-6-17/h2-8,13,16H,9-12,14H2,1H3,(H,23,27)(H,24,26)/p+1. The van der Waals surface area contributed by atoms with Crippen molar-refractivity contribution in [3.63, 3.8) is 0 Å². The minimum Gasteiger partial charge on any atom is -0.327 e. The highest BCUT2D eigenvalue weighted by molar-refractivity contribution is 6.33. The number of hydrogen-bond acceptors (Lipinski definition) is 2. The number of anilines is 2. The molecule has 0 atom stereocenters. The minimum atomic E-state index is -0.0528. The molecule has 0 aromatic heterocycles. The van der Waals surface area contributed by atoms with Gasteiger partial charge in [0.1, 0.15) is 0 Å². The topological polar surface area (TPSA) is 62.6 Å². The summed E-state index contributed by atoms with van der Waals surface area (Å²) in [5.41, 5.74) is 2.52. The van der Waals surface area contributed by atoms with Crippen molar-refractivity contribution in [1.82, 2.24) is 0 Å². The van der Waals surface area contributed by atoms with E-state index in [1.165, 1.54) is 4.90 Å². The molecule has 0 radical (unpaired) electrons. The molecular weight excluding hydrogens is 362 g/mol. The predicted molar refractivity (Wildman–Crippen MR) is 108 cm³/mol. The first kappa shape index (κ1) is 19.4. The Morgan fingerprint density at radius 2 is 1.78 bits per heavy atom. The van der Waals surface area contributed by atoms with Crippen molar-refractivity contribution < 1.29 is 14.5 Å². The van der Waals surface area contributed by atoms with Gasteiger partial charge >= 0.3 is 0 Å². The number of hydrogen-bond donors (Lipinski definition) is 3. The zero-order valence-electron chi connectivity index (χ0n) is 15.4. The van der Waals surface area contributed by atoms with Crippen LogP contribution < -0.4 is 15.5 Å². The number of likely N-dealkylation sites (tertiary alicyclic amines) is 1. The summed E-state index contributed by atoms with van der Waals surface area (Å²) in [6, 6.07) is 15.1. The summed E-state index contributed by atoms with van der Waals surface area (Å²) in [6.45, 7) is 3.96. The average molecular weight is 387 g/mol. The molecular formula is C21H25ClN3O2+. The molecule has 2 aromatic rings. The number of rotatable bonds is 5. The van der Waals surface area contributed by atoms with Crippen LogP contribution in [0, 0.1) is 12.8 Å². The van der Waals surface area contributed by atoms with Crippen LogP contribution in [-0.2, 0) is 9.59 Å². The van der Waals surface area contributed by atoms with Crippen LogP contribution in [0.15, 0.2) is 48.5 Å². The number of piperidine rings is 1. The molecule has 0 spiro atoms. The minimum absolute atomic E-state index is 0.00330. The van der Waals surface area contributed by atoms with Gasteiger partial charge in [0.25, 0.3) is 5.91 Å². The molecule has 1 heterocycles. The second-order valence-corrected chi connectivity index (χ2v) is 7.50.